The number of hydrogen-bond acceptors (Lipinski definition) is 7. The molecule has 0 fully saturated rings. The Morgan fingerprint density at radius 3 is 2.51 bits per heavy atom. The number of fused-ring (bicyclic) bond motifs is 1. The smallest absolute Gasteiger partial charge is 0.324 e. The summed E-state index contributed by atoms with van der Waals surface area (Å²) in [7, 11) is 1.77. The molecule has 0 saturated carbocycles. The molecule has 0 aliphatic carbocycles. The monoisotopic (exact) mass is 545 g/mol. The summed E-state index contributed by atoms with van der Waals surface area (Å²) < 4.78 is 3.26. The van der Waals surface area contributed by atoms with Crippen molar-refractivity contribution in [2.24, 2.45) is 7.05 Å². The Kier molecular flexibility index (Phi) is 6.71. The van der Waals surface area contributed by atoms with E-state index in [1.54, 1.807) is 40.7 Å². The van der Waals surface area contributed by atoms with Crippen molar-refractivity contribution in [3.05, 3.63) is 71.1 Å². The third-order valence-corrected chi connectivity index (χ3v) is 6.77. The van der Waals surface area contributed by atoms with Crippen LogP contribution in [-0.2, 0) is 12.5 Å². The summed E-state index contributed by atoms with van der Waals surface area (Å²) >= 11 is 6.56. The summed E-state index contributed by atoms with van der Waals surface area (Å²) in [4.78, 5) is 21.4. The summed E-state index contributed by atoms with van der Waals surface area (Å²) in [5.41, 5.74) is 10.3. The van der Waals surface area contributed by atoms with Gasteiger partial charge in [0.05, 0.1) is 34.1 Å². The van der Waals surface area contributed by atoms with Crippen molar-refractivity contribution in [1.82, 2.24) is 29.5 Å². The van der Waals surface area contributed by atoms with Crippen LogP contribution in [0.1, 0.15) is 25.1 Å². The predicted octanol–water partition coefficient (Wildman–Crippen LogP) is 4.67. The van der Waals surface area contributed by atoms with Gasteiger partial charge in [-0.1, -0.05) is 49.2 Å². The second-order valence-corrected chi connectivity index (χ2v) is 10.3. The number of benzene rings is 2. The molecule has 12 heteroatoms. The highest BCUT2D eigenvalue weighted by molar-refractivity contribution is 6.34. The number of carbonyl (C=O) groups is 1. The van der Waals surface area contributed by atoms with E-state index in [1.807, 2.05) is 45.0 Å². The SMILES string of the molecule is Cc1ccc(-n2nc(C(C)(C)CO)cc2NC(=O)Nc2ccc(-c3nn(C)c4ncnc(N)c34)cc2Cl)cc1. The largest absolute Gasteiger partial charge is 0.395 e. The topological polar surface area (TPSA) is 149 Å². The third kappa shape index (κ3) is 5.01. The minimum Gasteiger partial charge on any atom is -0.395 e. The Morgan fingerprint density at radius 1 is 1.08 bits per heavy atom. The predicted molar refractivity (Wildman–Crippen MR) is 152 cm³/mol. The number of nitrogens with one attached hydrogen (secondary N) is 2. The van der Waals surface area contributed by atoms with Crippen LogP contribution in [0.15, 0.2) is 54.9 Å². The first-order chi connectivity index (χ1) is 18.6. The number of rotatable bonds is 6. The molecule has 3 heterocycles. The molecule has 0 aliphatic heterocycles. The number of halogens is 1. The zero-order chi connectivity index (χ0) is 27.9. The highest BCUT2D eigenvalue weighted by Gasteiger charge is 2.26. The number of amides is 2. The van der Waals surface area contributed by atoms with Gasteiger partial charge in [0.2, 0.25) is 0 Å². The summed E-state index contributed by atoms with van der Waals surface area (Å²) in [6.45, 7) is 5.65. The molecule has 0 radical (unpaired) electrons. The van der Waals surface area contributed by atoms with E-state index in [1.165, 1.54) is 6.33 Å². The van der Waals surface area contributed by atoms with Crippen molar-refractivity contribution >= 4 is 46.0 Å². The van der Waals surface area contributed by atoms with Gasteiger partial charge in [-0.15, -0.1) is 0 Å². The van der Waals surface area contributed by atoms with Gasteiger partial charge in [-0.2, -0.15) is 10.2 Å². The molecule has 5 rings (SSSR count). The van der Waals surface area contributed by atoms with Crippen LogP contribution in [0.5, 0.6) is 0 Å². The van der Waals surface area contributed by atoms with E-state index in [0.29, 0.717) is 50.3 Å². The number of aryl methyl sites for hydroxylation is 2. The fraction of sp³-hybridized carbons (Fsp3) is 0.222. The number of anilines is 3. The quantitative estimate of drug-likeness (QED) is 0.242. The van der Waals surface area contributed by atoms with E-state index in [2.05, 4.69) is 30.8 Å². The standard InChI is InChI=1S/C27H28ClN9O2/c1-15-5-8-17(9-6-15)37-21(12-20(34-37)27(2,3)13-38)33-26(39)32-19-10-7-16(11-18(19)28)23-22-24(29)30-14-31-25(22)36(4)35-23/h5-12,14,38H,13H2,1-4H3,(H2,29,30,31)(H2,32,33,39). The van der Waals surface area contributed by atoms with Gasteiger partial charge in [-0.25, -0.2) is 24.1 Å². The molecule has 2 amide bonds. The lowest BCUT2D eigenvalue weighted by Gasteiger charge is -2.18. The van der Waals surface area contributed by atoms with Gasteiger partial charge in [0.25, 0.3) is 0 Å². The minimum atomic E-state index is -0.605. The van der Waals surface area contributed by atoms with Gasteiger partial charge < -0.3 is 16.2 Å². The lowest BCUT2D eigenvalue weighted by Crippen LogP contribution is -2.22. The van der Waals surface area contributed by atoms with Crippen molar-refractivity contribution in [3.8, 4) is 16.9 Å². The number of nitrogens with zero attached hydrogens (tertiary/aromatic N) is 6. The maximum atomic E-state index is 13.1. The molecule has 5 N–H and O–H groups in total. The summed E-state index contributed by atoms with van der Waals surface area (Å²) in [6, 6.07) is 14.2. The van der Waals surface area contributed by atoms with Crippen molar-refractivity contribution in [2.45, 2.75) is 26.2 Å². The van der Waals surface area contributed by atoms with E-state index < -0.39 is 11.4 Å². The fourth-order valence-corrected chi connectivity index (χ4v) is 4.34. The number of hydrogen-bond donors (Lipinski definition) is 4. The Labute approximate surface area is 229 Å². The number of carbonyl (C=O) groups excluding carboxylic acids is 1. The van der Waals surface area contributed by atoms with Crippen molar-refractivity contribution in [3.63, 3.8) is 0 Å². The molecule has 11 nitrogen and oxygen atoms in total. The van der Waals surface area contributed by atoms with Gasteiger partial charge in [-0.3, -0.25) is 5.32 Å². The van der Waals surface area contributed by atoms with Crippen LogP contribution in [0.25, 0.3) is 28.0 Å². The van der Waals surface area contributed by atoms with Gasteiger partial charge in [0.1, 0.15) is 23.7 Å². The zero-order valence-electron chi connectivity index (χ0n) is 21.9. The van der Waals surface area contributed by atoms with Crippen LogP contribution in [-0.4, -0.2) is 47.3 Å². The molecule has 0 saturated heterocycles. The lowest BCUT2D eigenvalue weighted by atomic mass is 9.91. The molecule has 5 aromatic rings. The molecule has 39 heavy (non-hydrogen) atoms. The number of nitrogens with two attached hydrogens (primary N) is 1. The van der Waals surface area contributed by atoms with E-state index in [4.69, 9.17) is 17.3 Å². The van der Waals surface area contributed by atoms with Crippen LogP contribution in [0.4, 0.5) is 22.1 Å². The summed E-state index contributed by atoms with van der Waals surface area (Å²) in [5, 5.41) is 25.6. The number of aliphatic hydroxyl groups excluding tert-OH is 1. The molecule has 200 valence electrons. The maximum Gasteiger partial charge on any atom is 0.324 e. The zero-order valence-corrected chi connectivity index (χ0v) is 22.7. The summed E-state index contributed by atoms with van der Waals surface area (Å²) in [6.07, 6.45) is 1.39. The molecule has 0 bridgehead atoms. The molecular formula is C27H28ClN9O2. The second kappa shape index (κ2) is 10.0. The highest BCUT2D eigenvalue weighted by Crippen LogP contribution is 2.34. The molecule has 0 atom stereocenters. The highest BCUT2D eigenvalue weighted by atomic mass is 35.5. The molecule has 0 unspecified atom stereocenters. The van der Waals surface area contributed by atoms with Crippen LogP contribution < -0.4 is 16.4 Å². The second-order valence-electron chi connectivity index (χ2n) is 9.91. The Hall–Kier alpha value is -4.48. The molecule has 0 aliphatic rings. The first-order valence-corrected chi connectivity index (χ1v) is 12.5. The van der Waals surface area contributed by atoms with E-state index in [0.717, 1.165) is 11.3 Å². The fourth-order valence-electron chi connectivity index (χ4n) is 4.11. The van der Waals surface area contributed by atoms with Gasteiger partial charge in [-0.05, 0) is 31.2 Å². The molecule has 3 aromatic heterocycles. The van der Waals surface area contributed by atoms with Crippen LogP contribution in [0.3, 0.4) is 0 Å². The molecular weight excluding hydrogens is 518 g/mol. The van der Waals surface area contributed by atoms with E-state index >= 15 is 0 Å². The summed E-state index contributed by atoms with van der Waals surface area (Å²) in [5.74, 6) is 0.755. The molecule has 0 spiro atoms. The average molecular weight is 546 g/mol. The van der Waals surface area contributed by atoms with Gasteiger partial charge in [0.15, 0.2) is 5.65 Å². The Bertz CT molecular complexity index is 1690. The van der Waals surface area contributed by atoms with Crippen LogP contribution >= 0.6 is 11.6 Å². The molecule has 2 aromatic carbocycles. The van der Waals surface area contributed by atoms with Crippen molar-refractivity contribution < 1.29 is 9.90 Å². The van der Waals surface area contributed by atoms with E-state index in [9.17, 15) is 9.90 Å². The van der Waals surface area contributed by atoms with Gasteiger partial charge >= 0.3 is 6.03 Å². The van der Waals surface area contributed by atoms with Crippen molar-refractivity contribution in [2.75, 3.05) is 23.0 Å². The number of nitrogen functional groups attached to an aromatic ring is 1. The average Bonchev–Trinajstić information content (AvgIpc) is 3.48. The first kappa shape index (κ1) is 26.1. The number of aromatic nitrogens is 6. The maximum absolute atomic E-state index is 13.1. The lowest BCUT2D eigenvalue weighted by molar-refractivity contribution is 0.215. The number of aliphatic hydroxyl groups is 1. The number of urea groups is 1. The van der Waals surface area contributed by atoms with Crippen LogP contribution in [0.2, 0.25) is 5.02 Å². The van der Waals surface area contributed by atoms with E-state index in [-0.39, 0.29) is 6.61 Å². The Morgan fingerprint density at radius 2 is 1.82 bits per heavy atom. The van der Waals surface area contributed by atoms with Gasteiger partial charge in [0, 0.05) is 24.1 Å². The van der Waals surface area contributed by atoms with Crippen LogP contribution in [0, 0.1) is 6.92 Å². The normalized spacial score (nSPS) is 11.6. The van der Waals surface area contributed by atoms with Crippen molar-refractivity contribution in [1.29, 1.82) is 0 Å². The minimum absolute atomic E-state index is 0.102. The third-order valence-electron chi connectivity index (χ3n) is 6.46. The Balaban J connectivity index is 1.41. The first-order valence-electron chi connectivity index (χ1n) is 12.2.